The number of nitrogens with one attached hydrogen (secondary N) is 2. The lowest BCUT2D eigenvalue weighted by Gasteiger charge is -2.09. The predicted octanol–water partition coefficient (Wildman–Crippen LogP) is 2.35. The van der Waals surface area contributed by atoms with Crippen LogP contribution < -0.4 is 10.0 Å². The second-order valence-electron chi connectivity index (χ2n) is 4.62. The molecule has 2 aromatic carbocycles. The number of carbonyl (C=O) groups excluding carboxylic acids is 1. The lowest BCUT2D eigenvalue weighted by molar-refractivity contribution is -0.384. The van der Waals surface area contributed by atoms with Crippen LogP contribution in [0.2, 0.25) is 0 Å². The normalized spacial score (nSPS) is 10.8. The summed E-state index contributed by atoms with van der Waals surface area (Å²) in [5.74, 6) is -0.232. The lowest BCUT2D eigenvalue weighted by atomic mass is 10.3. The Balaban J connectivity index is 2.17. The van der Waals surface area contributed by atoms with Crippen molar-refractivity contribution >= 4 is 33.0 Å². The van der Waals surface area contributed by atoms with E-state index in [0.29, 0.717) is 11.4 Å². The molecule has 0 aromatic heterocycles. The topological polar surface area (TPSA) is 118 Å². The first-order chi connectivity index (χ1) is 10.8. The van der Waals surface area contributed by atoms with E-state index in [2.05, 4.69) is 10.0 Å². The second kappa shape index (κ2) is 6.44. The number of hydrogen-bond acceptors (Lipinski definition) is 5. The first kappa shape index (κ1) is 16.4. The van der Waals surface area contributed by atoms with Crippen LogP contribution in [0.25, 0.3) is 0 Å². The second-order valence-corrected chi connectivity index (χ2v) is 6.30. The van der Waals surface area contributed by atoms with Crippen LogP contribution in [-0.2, 0) is 14.8 Å². The summed E-state index contributed by atoms with van der Waals surface area (Å²) >= 11 is 0. The van der Waals surface area contributed by atoms with E-state index in [1.54, 1.807) is 12.1 Å². The SMILES string of the molecule is CC(=O)Nc1ccc(NS(=O)(=O)c2ccc([N+](=O)[O-])cc2)cc1. The molecule has 2 rings (SSSR count). The smallest absolute Gasteiger partial charge is 0.269 e. The molecule has 9 heteroatoms. The van der Waals surface area contributed by atoms with Crippen LogP contribution in [0.4, 0.5) is 17.1 Å². The number of carbonyl (C=O) groups is 1. The number of benzene rings is 2. The number of anilines is 2. The van der Waals surface area contributed by atoms with Crippen molar-refractivity contribution in [2.45, 2.75) is 11.8 Å². The lowest BCUT2D eigenvalue weighted by Crippen LogP contribution is -2.13. The van der Waals surface area contributed by atoms with Crippen LogP contribution >= 0.6 is 0 Å². The molecule has 23 heavy (non-hydrogen) atoms. The third kappa shape index (κ3) is 4.27. The maximum atomic E-state index is 12.2. The summed E-state index contributed by atoms with van der Waals surface area (Å²) in [6.45, 7) is 1.37. The van der Waals surface area contributed by atoms with Gasteiger partial charge in [-0.2, -0.15) is 0 Å². The van der Waals surface area contributed by atoms with E-state index >= 15 is 0 Å². The van der Waals surface area contributed by atoms with Crippen LogP contribution in [0.5, 0.6) is 0 Å². The Kier molecular flexibility index (Phi) is 4.60. The van der Waals surface area contributed by atoms with Crippen molar-refractivity contribution in [3.8, 4) is 0 Å². The number of rotatable bonds is 5. The largest absolute Gasteiger partial charge is 0.326 e. The van der Waals surface area contributed by atoms with Gasteiger partial charge in [0.2, 0.25) is 5.91 Å². The van der Waals surface area contributed by atoms with Gasteiger partial charge in [-0.05, 0) is 36.4 Å². The molecule has 0 heterocycles. The minimum absolute atomic E-state index is 0.0889. The van der Waals surface area contributed by atoms with Crippen molar-refractivity contribution in [2.24, 2.45) is 0 Å². The van der Waals surface area contributed by atoms with Gasteiger partial charge < -0.3 is 5.32 Å². The molecule has 0 saturated heterocycles. The molecule has 2 N–H and O–H groups in total. The minimum Gasteiger partial charge on any atom is -0.326 e. The van der Waals surface area contributed by atoms with E-state index in [4.69, 9.17) is 0 Å². The maximum Gasteiger partial charge on any atom is 0.269 e. The molecule has 2 aromatic rings. The van der Waals surface area contributed by atoms with Crippen LogP contribution in [0, 0.1) is 10.1 Å². The molecule has 120 valence electrons. The molecule has 0 atom stereocenters. The Bertz CT molecular complexity index is 830. The Hall–Kier alpha value is -2.94. The first-order valence-corrected chi connectivity index (χ1v) is 7.91. The van der Waals surface area contributed by atoms with E-state index in [1.807, 2.05) is 0 Å². The van der Waals surface area contributed by atoms with E-state index in [-0.39, 0.29) is 16.5 Å². The van der Waals surface area contributed by atoms with Crippen LogP contribution in [-0.4, -0.2) is 19.2 Å². The zero-order valence-electron chi connectivity index (χ0n) is 12.0. The minimum atomic E-state index is -3.85. The number of nitro groups is 1. The third-order valence-corrected chi connectivity index (χ3v) is 4.21. The van der Waals surface area contributed by atoms with Gasteiger partial charge in [-0.1, -0.05) is 0 Å². The molecule has 0 fully saturated rings. The fraction of sp³-hybridized carbons (Fsp3) is 0.0714. The predicted molar refractivity (Wildman–Crippen MR) is 84.7 cm³/mol. The first-order valence-electron chi connectivity index (χ1n) is 6.43. The number of amides is 1. The summed E-state index contributed by atoms with van der Waals surface area (Å²) in [6, 6.07) is 10.6. The molecular formula is C14H13N3O5S. The van der Waals surface area contributed by atoms with E-state index < -0.39 is 14.9 Å². The van der Waals surface area contributed by atoms with Crippen molar-refractivity contribution in [1.29, 1.82) is 0 Å². The Morgan fingerprint density at radius 1 is 1.00 bits per heavy atom. The van der Waals surface area contributed by atoms with Gasteiger partial charge in [0.15, 0.2) is 0 Å². The fourth-order valence-corrected chi connectivity index (χ4v) is 2.84. The molecule has 0 aliphatic heterocycles. The van der Waals surface area contributed by atoms with E-state index in [1.165, 1.54) is 19.1 Å². The quantitative estimate of drug-likeness (QED) is 0.642. The monoisotopic (exact) mass is 335 g/mol. The zero-order valence-corrected chi connectivity index (χ0v) is 12.8. The summed E-state index contributed by atoms with van der Waals surface area (Å²) in [5, 5.41) is 13.1. The molecule has 0 radical (unpaired) electrons. The summed E-state index contributed by atoms with van der Waals surface area (Å²) < 4.78 is 26.7. The summed E-state index contributed by atoms with van der Waals surface area (Å²) in [7, 11) is -3.85. The molecule has 0 spiro atoms. The van der Waals surface area contributed by atoms with E-state index in [9.17, 15) is 23.3 Å². The van der Waals surface area contributed by atoms with Crippen molar-refractivity contribution in [3.63, 3.8) is 0 Å². The van der Waals surface area contributed by atoms with Crippen LogP contribution in [0.3, 0.4) is 0 Å². The molecule has 0 aliphatic rings. The van der Waals surface area contributed by atoms with Crippen molar-refractivity contribution < 1.29 is 18.1 Å². The number of hydrogen-bond donors (Lipinski definition) is 2. The van der Waals surface area contributed by atoms with Gasteiger partial charge in [0.1, 0.15) is 0 Å². The highest BCUT2D eigenvalue weighted by molar-refractivity contribution is 7.92. The van der Waals surface area contributed by atoms with Gasteiger partial charge in [0.25, 0.3) is 15.7 Å². The Labute approximate surface area is 132 Å². The van der Waals surface area contributed by atoms with Gasteiger partial charge in [0, 0.05) is 30.4 Å². The average molecular weight is 335 g/mol. The van der Waals surface area contributed by atoms with Gasteiger partial charge in [-0.25, -0.2) is 8.42 Å². The van der Waals surface area contributed by atoms with Gasteiger partial charge in [-0.15, -0.1) is 0 Å². The fourth-order valence-electron chi connectivity index (χ4n) is 1.79. The molecular weight excluding hydrogens is 322 g/mol. The third-order valence-electron chi connectivity index (χ3n) is 2.82. The highest BCUT2D eigenvalue weighted by Gasteiger charge is 2.16. The standard InChI is InChI=1S/C14H13N3O5S/c1-10(18)15-11-2-4-12(5-3-11)16-23(21,22)14-8-6-13(7-9-14)17(19)20/h2-9,16H,1H3,(H,15,18). The van der Waals surface area contributed by atoms with Crippen molar-refractivity contribution in [1.82, 2.24) is 0 Å². The highest BCUT2D eigenvalue weighted by Crippen LogP contribution is 2.20. The number of nitro benzene ring substituents is 1. The average Bonchev–Trinajstić information content (AvgIpc) is 2.48. The van der Waals surface area contributed by atoms with Crippen LogP contribution in [0.15, 0.2) is 53.4 Å². The summed E-state index contributed by atoms with van der Waals surface area (Å²) in [5.41, 5.74) is 0.650. The number of nitrogens with zero attached hydrogens (tertiary/aromatic N) is 1. The summed E-state index contributed by atoms with van der Waals surface area (Å²) in [6.07, 6.45) is 0. The highest BCUT2D eigenvalue weighted by atomic mass is 32.2. The van der Waals surface area contributed by atoms with Gasteiger partial charge in [0.05, 0.1) is 9.82 Å². The molecule has 0 saturated carbocycles. The van der Waals surface area contributed by atoms with E-state index in [0.717, 1.165) is 24.3 Å². The van der Waals surface area contributed by atoms with Gasteiger partial charge >= 0.3 is 0 Å². The number of sulfonamides is 1. The Morgan fingerprint density at radius 3 is 2.00 bits per heavy atom. The molecule has 1 amide bonds. The zero-order chi connectivity index (χ0) is 17.0. The van der Waals surface area contributed by atoms with Gasteiger partial charge in [-0.3, -0.25) is 19.6 Å². The molecule has 0 unspecified atom stereocenters. The Morgan fingerprint density at radius 2 is 1.52 bits per heavy atom. The van der Waals surface area contributed by atoms with Crippen molar-refractivity contribution in [3.05, 3.63) is 58.6 Å². The van der Waals surface area contributed by atoms with Crippen LogP contribution in [0.1, 0.15) is 6.92 Å². The molecule has 0 bridgehead atoms. The maximum absolute atomic E-state index is 12.2. The molecule has 8 nitrogen and oxygen atoms in total. The number of non-ortho nitro benzene ring substituents is 1. The summed E-state index contributed by atoms with van der Waals surface area (Å²) in [4.78, 5) is 20.8. The molecule has 0 aliphatic carbocycles. The van der Waals surface area contributed by atoms with Crippen molar-refractivity contribution in [2.75, 3.05) is 10.0 Å².